The summed E-state index contributed by atoms with van der Waals surface area (Å²) in [6.45, 7) is 4.30. The van der Waals surface area contributed by atoms with Crippen molar-refractivity contribution >= 4 is 5.91 Å². The first-order valence-electron chi connectivity index (χ1n) is 7.96. The highest BCUT2D eigenvalue weighted by Crippen LogP contribution is 2.39. The summed E-state index contributed by atoms with van der Waals surface area (Å²) >= 11 is 0. The Bertz CT molecular complexity index is 332. The zero-order valence-electron chi connectivity index (χ0n) is 12.3. The Kier molecular flexibility index (Phi) is 3.81. The van der Waals surface area contributed by atoms with Crippen LogP contribution in [-0.2, 0) is 4.79 Å². The first kappa shape index (κ1) is 13.4. The molecule has 4 nitrogen and oxygen atoms in total. The molecule has 2 bridgehead atoms. The molecule has 0 radical (unpaired) electrons. The first-order valence-corrected chi connectivity index (χ1v) is 7.96. The van der Waals surface area contributed by atoms with Crippen LogP contribution in [0.3, 0.4) is 0 Å². The number of fused-ring (bicyclic) bond motifs is 2. The van der Waals surface area contributed by atoms with Gasteiger partial charge in [0.1, 0.15) is 0 Å². The van der Waals surface area contributed by atoms with Gasteiger partial charge >= 0.3 is 0 Å². The Morgan fingerprint density at radius 2 is 1.89 bits per heavy atom. The van der Waals surface area contributed by atoms with E-state index < -0.39 is 0 Å². The van der Waals surface area contributed by atoms with Crippen LogP contribution in [0.25, 0.3) is 0 Å². The predicted octanol–water partition coefficient (Wildman–Crippen LogP) is 1.21. The Balaban J connectivity index is 1.65. The molecule has 1 N–H and O–H groups in total. The van der Waals surface area contributed by atoms with Crippen molar-refractivity contribution < 1.29 is 4.79 Å². The molecule has 0 saturated carbocycles. The van der Waals surface area contributed by atoms with Crippen LogP contribution in [0.4, 0.5) is 0 Å². The van der Waals surface area contributed by atoms with E-state index in [-0.39, 0.29) is 6.04 Å². The van der Waals surface area contributed by atoms with Crippen molar-refractivity contribution in [2.45, 2.75) is 69.6 Å². The summed E-state index contributed by atoms with van der Waals surface area (Å²) in [6, 6.07) is 2.17. The van der Waals surface area contributed by atoms with Gasteiger partial charge in [0.25, 0.3) is 0 Å². The van der Waals surface area contributed by atoms with Gasteiger partial charge in [0, 0.05) is 31.7 Å². The van der Waals surface area contributed by atoms with Crippen LogP contribution < -0.4 is 5.32 Å². The second-order valence-electron chi connectivity index (χ2n) is 6.52. The van der Waals surface area contributed by atoms with Crippen LogP contribution in [0.5, 0.6) is 0 Å². The molecule has 108 valence electrons. The van der Waals surface area contributed by atoms with Gasteiger partial charge in [-0.15, -0.1) is 0 Å². The lowest BCUT2D eigenvalue weighted by Gasteiger charge is -2.42. The summed E-state index contributed by atoms with van der Waals surface area (Å²) in [5.74, 6) is 0.358. The second kappa shape index (κ2) is 5.41. The zero-order chi connectivity index (χ0) is 13.4. The summed E-state index contributed by atoms with van der Waals surface area (Å²) in [6.07, 6.45) is 7.32. The molecule has 3 aliphatic rings. The SMILES string of the molecule is CCCNC1CC2CCC(C1)N2C1CCN(C)C1=O. The van der Waals surface area contributed by atoms with E-state index in [0.29, 0.717) is 24.0 Å². The summed E-state index contributed by atoms with van der Waals surface area (Å²) in [4.78, 5) is 16.7. The number of amides is 1. The summed E-state index contributed by atoms with van der Waals surface area (Å²) in [5.41, 5.74) is 0. The Hall–Kier alpha value is -0.610. The molecule has 0 spiro atoms. The van der Waals surface area contributed by atoms with Gasteiger partial charge in [-0.25, -0.2) is 0 Å². The number of nitrogens with zero attached hydrogens (tertiary/aromatic N) is 2. The third-order valence-corrected chi connectivity index (χ3v) is 5.23. The van der Waals surface area contributed by atoms with Gasteiger partial charge in [-0.05, 0) is 45.1 Å². The molecule has 3 unspecified atom stereocenters. The normalized spacial score (nSPS) is 39.3. The molecule has 4 heteroatoms. The monoisotopic (exact) mass is 265 g/mol. The number of rotatable bonds is 4. The maximum Gasteiger partial charge on any atom is 0.239 e. The van der Waals surface area contributed by atoms with Gasteiger partial charge in [-0.1, -0.05) is 6.92 Å². The van der Waals surface area contributed by atoms with Gasteiger partial charge in [0.15, 0.2) is 0 Å². The largest absolute Gasteiger partial charge is 0.344 e. The highest BCUT2D eigenvalue weighted by molar-refractivity contribution is 5.83. The van der Waals surface area contributed by atoms with Crippen molar-refractivity contribution in [3.63, 3.8) is 0 Å². The van der Waals surface area contributed by atoms with E-state index in [0.717, 1.165) is 19.5 Å². The van der Waals surface area contributed by atoms with Crippen molar-refractivity contribution in [2.75, 3.05) is 20.1 Å². The first-order chi connectivity index (χ1) is 9.20. The maximum atomic E-state index is 12.2. The van der Waals surface area contributed by atoms with Crippen LogP contribution in [-0.4, -0.2) is 60.0 Å². The number of nitrogens with one attached hydrogen (secondary N) is 1. The molecule has 0 aliphatic carbocycles. The average molecular weight is 265 g/mol. The van der Waals surface area contributed by atoms with Gasteiger partial charge in [0.2, 0.25) is 5.91 Å². The average Bonchev–Trinajstić information content (AvgIpc) is 2.85. The van der Waals surface area contributed by atoms with Gasteiger partial charge in [-0.2, -0.15) is 0 Å². The Morgan fingerprint density at radius 1 is 1.21 bits per heavy atom. The molecule has 3 heterocycles. The fraction of sp³-hybridized carbons (Fsp3) is 0.933. The van der Waals surface area contributed by atoms with Crippen LogP contribution in [0.15, 0.2) is 0 Å². The van der Waals surface area contributed by atoms with Crippen molar-refractivity contribution in [3.05, 3.63) is 0 Å². The molecular formula is C15H27N3O. The van der Waals surface area contributed by atoms with Crippen molar-refractivity contribution in [1.29, 1.82) is 0 Å². The smallest absolute Gasteiger partial charge is 0.239 e. The number of carbonyl (C=O) groups is 1. The number of hydrogen-bond donors (Lipinski definition) is 1. The maximum absolute atomic E-state index is 12.2. The van der Waals surface area contributed by atoms with Crippen LogP contribution in [0.1, 0.15) is 45.4 Å². The molecule has 3 atom stereocenters. The number of carbonyl (C=O) groups excluding carboxylic acids is 1. The van der Waals surface area contributed by atoms with E-state index in [1.54, 1.807) is 0 Å². The van der Waals surface area contributed by atoms with E-state index in [9.17, 15) is 4.79 Å². The molecule has 3 fully saturated rings. The van der Waals surface area contributed by atoms with Crippen molar-refractivity contribution in [2.24, 2.45) is 0 Å². The van der Waals surface area contributed by atoms with E-state index in [1.807, 2.05) is 11.9 Å². The zero-order valence-corrected chi connectivity index (χ0v) is 12.3. The van der Waals surface area contributed by atoms with Gasteiger partial charge in [-0.3, -0.25) is 9.69 Å². The second-order valence-corrected chi connectivity index (χ2v) is 6.52. The Labute approximate surface area is 116 Å². The van der Waals surface area contributed by atoms with E-state index in [2.05, 4.69) is 17.1 Å². The lowest BCUT2D eigenvalue weighted by Crippen LogP contribution is -2.55. The van der Waals surface area contributed by atoms with Crippen molar-refractivity contribution in [3.8, 4) is 0 Å². The van der Waals surface area contributed by atoms with E-state index >= 15 is 0 Å². The number of piperidine rings is 1. The molecule has 0 aromatic carbocycles. The number of likely N-dealkylation sites (N-methyl/N-ethyl adjacent to an activating group) is 1. The van der Waals surface area contributed by atoms with Crippen molar-refractivity contribution in [1.82, 2.24) is 15.1 Å². The fourth-order valence-corrected chi connectivity index (χ4v) is 4.32. The third kappa shape index (κ3) is 2.40. The highest BCUT2D eigenvalue weighted by Gasteiger charge is 2.47. The number of hydrogen-bond acceptors (Lipinski definition) is 3. The molecule has 1 amide bonds. The molecule has 3 rings (SSSR count). The minimum absolute atomic E-state index is 0.189. The number of likely N-dealkylation sites (tertiary alicyclic amines) is 1. The summed E-state index contributed by atoms with van der Waals surface area (Å²) in [5, 5.41) is 3.68. The van der Waals surface area contributed by atoms with Crippen LogP contribution in [0, 0.1) is 0 Å². The molecule has 19 heavy (non-hydrogen) atoms. The standard InChI is InChI=1S/C15H27N3O/c1-3-7-16-11-9-12-4-5-13(10-11)18(12)14-6-8-17(2)15(14)19/h11-14,16H,3-10H2,1-2H3. The van der Waals surface area contributed by atoms with Gasteiger partial charge in [0.05, 0.1) is 6.04 Å². The molecule has 0 aromatic heterocycles. The van der Waals surface area contributed by atoms with Crippen LogP contribution >= 0.6 is 0 Å². The fourth-order valence-electron chi connectivity index (χ4n) is 4.32. The summed E-state index contributed by atoms with van der Waals surface area (Å²) < 4.78 is 0. The third-order valence-electron chi connectivity index (χ3n) is 5.23. The van der Waals surface area contributed by atoms with Crippen LogP contribution in [0.2, 0.25) is 0 Å². The Morgan fingerprint density at radius 3 is 2.42 bits per heavy atom. The molecular weight excluding hydrogens is 238 g/mol. The molecule has 3 saturated heterocycles. The molecule has 0 aromatic rings. The lowest BCUT2D eigenvalue weighted by molar-refractivity contribution is -0.132. The molecule has 3 aliphatic heterocycles. The van der Waals surface area contributed by atoms with E-state index in [1.165, 1.54) is 32.1 Å². The lowest BCUT2D eigenvalue weighted by atomic mass is 9.95. The van der Waals surface area contributed by atoms with Gasteiger partial charge < -0.3 is 10.2 Å². The minimum Gasteiger partial charge on any atom is -0.344 e. The minimum atomic E-state index is 0.189. The highest BCUT2D eigenvalue weighted by atomic mass is 16.2. The quantitative estimate of drug-likeness (QED) is 0.830. The topological polar surface area (TPSA) is 35.6 Å². The van der Waals surface area contributed by atoms with E-state index in [4.69, 9.17) is 0 Å². The predicted molar refractivity (Wildman–Crippen MR) is 76.0 cm³/mol. The summed E-state index contributed by atoms with van der Waals surface area (Å²) in [7, 11) is 1.94.